The molecule has 1 aliphatic rings. The van der Waals surface area contributed by atoms with Crippen molar-refractivity contribution in [3.8, 4) is 11.1 Å². The fourth-order valence-corrected chi connectivity index (χ4v) is 11.1. The maximum atomic E-state index is 15.3. The van der Waals surface area contributed by atoms with Crippen molar-refractivity contribution in [2.45, 2.75) is 0 Å². The molecular weight excluding hydrogens is 1100 g/mol. The van der Waals surface area contributed by atoms with Crippen LogP contribution in [0, 0.1) is 29.1 Å². The summed E-state index contributed by atoms with van der Waals surface area (Å²) >= 11 is 28.6. The smallest absolute Gasteiger partial charge is 0.200 e. The summed E-state index contributed by atoms with van der Waals surface area (Å²) in [6, 6.07) is 7.23. The van der Waals surface area contributed by atoms with Crippen LogP contribution in [-0.2, 0) is 0 Å². The molecule has 5 aromatic rings. The van der Waals surface area contributed by atoms with Crippen molar-refractivity contribution in [1.82, 2.24) is 18.5 Å². The minimum absolute atomic E-state index is 0.0216. The first kappa shape index (κ1) is 32.3. The molecule has 3 N–H and O–H groups in total. The summed E-state index contributed by atoms with van der Waals surface area (Å²) in [6.45, 7) is 0. The van der Waals surface area contributed by atoms with Gasteiger partial charge in [0.15, 0.2) is 23.3 Å². The molecular formula is C26H7Br8F5N4. The topological polar surface area (TPSA) is 52.3 Å². The molecule has 0 aliphatic carbocycles. The van der Waals surface area contributed by atoms with Crippen molar-refractivity contribution in [3.05, 3.63) is 111 Å². The molecule has 43 heavy (non-hydrogen) atoms. The Morgan fingerprint density at radius 3 is 1.53 bits per heavy atom. The average Bonchev–Trinajstić information content (AvgIpc) is 3.76. The Hall–Kier alpha value is -0.690. The zero-order valence-corrected chi connectivity index (χ0v) is 32.9. The third-order valence-corrected chi connectivity index (χ3v) is 13.4. The summed E-state index contributed by atoms with van der Waals surface area (Å²) < 4.78 is 78.4. The highest BCUT2D eigenvalue weighted by atomic mass is 79.9. The molecule has 4 aromatic heterocycles. The van der Waals surface area contributed by atoms with Crippen LogP contribution in [0.2, 0.25) is 0 Å². The van der Waals surface area contributed by atoms with Crippen LogP contribution in [0.1, 0.15) is 22.8 Å². The monoisotopic (exact) mass is 1100 g/mol. The predicted molar refractivity (Wildman–Crippen MR) is 184 cm³/mol. The fraction of sp³-hybridized carbons (Fsp3) is 0. The minimum atomic E-state index is -2.25. The van der Waals surface area contributed by atoms with E-state index < -0.39 is 34.6 Å². The van der Waals surface area contributed by atoms with Gasteiger partial charge in [-0.15, -0.1) is 0 Å². The van der Waals surface area contributed by atoms with Crippen LogP contribution < -0.4 is 21.4 Å². The number of H-pyrrole nitrogens is 3. The summed E-state index contributed by atoms with van der Waals surface area (Å²) in [5.41, 5.74) is 0.307. The number of fused-ring (bicyclic) bond motifs is 8. The van der Waals surface area contributed by atoms with Gasteiger partial charge >= 0.3 is 0 Å². The van der Waals surface area contributed by atoms with Gasteiger partial charge in [-0.3, -0.25) is 3.59 Å². The van der Waals surface area contributed by atoms with Crippen molar-refractivity contribution in [3.63, 3.8) is 0 Å². The van der Waals surface area contributed by atoms with Crippen LogP contribution in [0.4, 0.5) is 22.0 Å². The molecule has 0 amide bonds. The lowest BCUT2D eigenvalue weighted by Gasteiger charge is -2.10. The van der Waals surface area contributed by atoms with Crippen molar-refractivity contribution in [2.24, 2.45) is 0 Å². The highest BCUT2D eigenvalue weighted by molar-refractivity contribution is 9.16. The van der Waals surface area contributed by atoms with Crippen molar-refractivity contribution in [2.75, 3.05) is 0 Å². The zero-order valence-electron chi connectivity index (χ0n) is 20.2. The molecule has 222 valence electrons. The van der Waals surface area contributed by atoms with Crippen molar-refractivity contribution < 1.29 is 22.0 Å². The Morgan fingerprint density at radius 2 is 0.953 bits per heavy atom. The van der Waals surface area contributed by atoms with Crippen molar-refractivity contribution in [1.29, 1.82) is 0 Å². The van der Waals surface area contributed by atoms with Gasteiger partial charge in [0.2, 0.25) is 5.82 Å². The first-order valence-corrected chi connectivity index (χ1v) is 17.7. The van der Waals surface area contributed by atoms with Gasteiger partial charge in [0.05, 0.1) is 97.2 Å². The fourth-order valence-electron chi connectivity index (χ4n) is 4.54. The van der Waals surface area contributed by atoms with E-state index in [0.717, 1.165) is 11.4 Å². The normalized spacial score (nSPS) is 13.5. The molecule has 0 radical (unpaired) electrons. The molecule has 0 spiro atoms. The molecule has 6 rings (SSSR count). The summed E-state index contributed by atoms with van der Waals surface area (Å²) in [4.78, 5) is 9.70. The molecule has 1 aromatic carbocycles. The van der Waals surface area contributed by atoms with Crippen LogP contribution >= 0.6 is 128 Å². The van der Waals surface area contributed by atoms with Crippen LogP contribution in [0.15, 0.2) is 37.7 Å². The second-order valence-corrected chi connectivity index (χ2v) is 15.2. The Labute approximate surface area is 304 Å². The molecule has 4 nitrogen and oxygen atoms in total. The Morgan fingerprint density at radius 1 is 0.465 bits per heavy atom. The molecule has 5 heterocycles. The Bertz CT molecular complexity index is 2270. The summed E-state index contributed by atoms with van der Waals surface area (Å²) in [6.07, 6.45) is 0. The van der Waals surface area contributed by atoms with E-state index in [4.69, 9.17) is 0 Å². The Kier molecular flexibility index (Phi) is 8.88. The van der Waals surface area contributed by atoms with Gasteiger partial charge in [-0.25, -0.2) is 22.0 Å². The number of hydrogen-bond acceptors (Lipinski definition) is 0. The number of benzene rings is 1. The maximum absolute atomic E-state index is 15.3. The summed E-state index contributed by atoms with van der Waals surface area (Å²) in [5, 5.41) is 2.22. The lowest BCUT2D eigenvalue weighted by atomic mass is 10.0. The quantitative estimate of drug-likeness (QED) is 0.0856. The van der Waals surface area contributed by atoms with E-state index in [9.17, 15) is 13.2 Å². The van der Waals surface area contributed by atoms with Crippen LogP contribution in [-0.4, -0.2) is 18.5 Å². The molecule has 0 atom stereocenters. The van der Waals surface area contributed by atoms with Gasteiger partial charge in [0.25, 0.3) is 0 Å². The molecule has 0 unspecified atom stereocenters. The average molecular weight is 1110 g/mol. The molecule has 8 bridgehead atoms. The lowest BCUT2D eigenvalue weighted by Crippen LogP contribution is -2.22. The first-order valence-electron chi connectivity index (χ1n) is 11.5. The second-order valence-electron chi connectivity index (χ2n) is 8.94. The van der Waals surface area contributed by atoms with Crippen LogP contribution in [0.3, 0.4) is 0 Å². The molecule has 0 fully saturated rings. The number of rotatable bonds is 1. The van der Waals surface area contributed by atoms with E-state index in [-0.39, 0.29) is 25.9 Å². The lowest BCUT2D eigenvalue weighted by molar-refractivity contribution is 0.381. The van der Waals surface area contributed by atoms with Crippen LogP contribution in [0.25, 0.3) is 29.1 Å². The number of aromatic nitrogens is 4. The van der Waals surface area contributed by atoms with Crippen molar-refractivity contribution >= 4 is 146 Å². The van der Waals surface area contributed by atoms with Gasteiger partial charge in [0.1, 0.15) is 0 Å². The Balaban J connectivity index is 1.88. The first-order chi connectivity index (χ1) is 20.3. The predicted octanol–water partition coefficient (Wildman–Crippen LogP) is 8.80. The largest absolute Gasteiger partial charge is 0.354 e. The van der Waals surface area contributed by atoms with Crippen LogP contribution in [0.5, 0.6) is 0 Å². The van der Waals surface area contributed by atoms with E-state index in [1.807, 2.05) is 12.1 Å². The summed E-state index contributed by atoms with van der Waals surface area (Å²) in [7, 11) is 0. The SMILES string of the molecule is Fc1c(F)c(F)c(-c2c3[nH]c(c2Br)C(Br)=c2c(Br)c(Br)c(n2Br)=C(Br)c2ccc([nH]2)C(Br)=c2ccc([nH]2)=C3Br)c(F)c1F. The molecule has 0 saturated carbocycles. The van der Waals surface area contributed by atoms with E-state index >= 15 is 8.78 Å². The number of halogens is 13. The number of hydrogen-bond donors (Lipinski definition) is 3. The highest BCUT2D eigenvalue weighted by Gasteiger charge is 2.32. The molecule has 1 aliphatic heterocycles. The van der Waals surface area contributed by atoms with E-state index in [1.54, 1.807) is 15.7 Å². The number of nitrogens with one attached hydrogen (secondary N) is 3. The van der Waals surface area contributed by atoms with E-state index in [0.29, 0.717) is 43.8 Å². The standard InChI is InChI=1S/C26H7Br8F5N4/c27-11-5-1-3-7(40-5)12(28)23-9(10-18(35)20(37)22(39)21(38)19(10)36)14(30)24(42-23)17(33)26-16(32)15(31)25(43(26)34)13(29)8-4-2-6(11)41-8/h1-4,40-42H. The number of nitrogens with zero attached hydrogens (tertiary/aromatic N) is 1. The third-order valence-electron chi connectivity index (χ3n) is 6.57. The van der Waals surface area contributed by atoms with Gasteiger partial charge < -0.3 is 15.0 Å². The number of aromatic amines is 3. The summed E-state index contributed by atoms with van der Waals surface area (Å²) in [5.74, 6) is -10.3. The maximum Gasteiger partial charge on any atom is 0.200 e. The third kappa shape index (κ3) is 4.97. The van der Waals surface area contributed by atoms with Gasteiger partial charge in [-0.05, 0) is 136 Å². The van der Waals surface area contributed by atoms with Gasteiger partial charge in [-0.2, -0.15) is 0 Å². The molecule has 0 saturated heterocycles. The second kappa shape index (κ2) is 11.8. The minimum Gasteiger partial charge on any atom is -0.354 e. The highest BCUT2D eigenvalue weighted by Crippen LogP contribution is 2.45. The van der Waals surface area contributed by atoms with Gasteiger partial charge in [0, 0.05) is 5.56 Å². The molecule has 17 heteroatoms. The zero-order chi connectivity index (χ0) is 31.2. The van der Waals surface area contributed by atoms with E-state index in [1.165, 1.54) is 0 Å². The van der Waals surface area contributed by atoms with Gasteiger partial charge in [-0.1, -0.05) is 0 Å². The van der Waals surface area contributed by atoms with E-state index in [2.05, 4.69) is 143 Å².